The van der Waals surface area contributed by atoms with Crippen LogP contribution in [0.2, 0.25) is 0 Å². The van der Waals surface area contributed by atoms with Gasteiger partial charge in [-0.3, -0.25) is 0 Å². The third kappa shape index (κ3) is 1.72. The van der Waals surface area contributed by atoms with Crippen LogP contribution in [0.25, 0.3) is 10.1 Å². The molecule has 0 aliphatic carbocycles. The molecule has 0 bridgehead atoms. The van der Waals surface area contributed by atoms with Crippen molar-refractivity contribution >= 4 is 37.4 Å². The Morgan fingerprint density at radius 2 is 2.14 bits per heavy atom. The van der Waals surface area contributed by atoms with Gasteiger partial charge in [0.1, 0.15) is 0 Å². The summed E-state index contributed by atoms with van der Waals surface area (Å²) < 4.78 is 1.33. The summed E-state index contributed by atoms with van der Waals surface area (Å²) in [5.74, 6) is 0. The minimum Gasteiger partial charge on any atom is -0.392 e. The van der Waals surface area contributed by atoms with Gasteiger partial charge in [0.25, 0.3) is 0 Å². The fraction of sp³-hybridized carbons (Fsp3) is 0.273. The number of alkyl halides is 1. The first-order chi connectivity index (χ1) is 6.74. The lowest BCUT2D eigenvalue weighted by atomic mass is 10.1. The number of halogens is 1. The first-order valence-corrected chi connectivity index (χ1v) is 6.37. The Labute approximate surface area is 95.5 Å². The van der Waals surface area contributed by atoms with Gasteiger partial charge in [-0.2, -0.15) is 0 Å². The van der Waals surface area contributed by atoms with Crippen LogP contribution in [0.1, 0.15) is 16.0 Å². The first kappa shape index (κ1) is 10.1. The lowest BCUT2D eigenvalue weighted by Gasteiger charge is -2.02. The Bertz CT molecular complexity index is 462. The van der Waals surface area contributed by atoms with Crippen LogP contribution in [0.4, 0.5) is 0 Å². The molecule has 1 heterocycles. The lowest BCUT2D eigenvalue weighted by molar-refractivity contribution is 0.282. The summed E-state index contributed by atoms with van der Waals surface area (Å²) in [5.41, 5.74) is 2.26. The largest absolute Gasteiger partial charge is 0.392 e. The van der Waals surface area contributed by atoms with Gasteiger partial charge >= 0.3 is 0 Å². The molecule has 1 nitrogen and oxygen atoms in total. The molecule has 0 unspecified atom stereocenters. The molecule has 2 aromatic rings. The van der Waals surface area contributed by atoms with E-state index in [1.54, 1.807) is 0 Å². The monoisotopic (exact) mass is 270 g/mol. The standard InChI is InChI=1S/C11H11BrOS/c1-7-2-9-3-8(6-13)4-10(5-12)11(9)14-7/h2-4,13H,5-6H2,1H3. The number of fused-ring (bicyclic) bond motifs is 1. The van der Waals surface area contributed by atoms with E-state index in [9.17, 15) is 0 Å². The van der Waals surface area contributed by atoms with Gasteiger partial charge in [-0.05, 0) is 35.6 Å². The third-order valence-corrected chi connectivity index (χ3v) is 3.95. The van der Waals surface area contributed by atoms with E-state index in [-0.39, 0.29) is 6.61 Å². The summed E-state index contributed by atoms with van der Waals surface area (Å²) >= 11 is 5.29. The van der Waals surface area contributed by atoms with Crippen molar-refractivity contribution in [3.63, 3.8) is 0 Å². The summed E-state index contributed by atoms with van der Waals surface area (Å²) in [4.78, 5) is 1.32. The molecular formula is C11H11BrOS. The van der Waals surface area contributed by atoms with E-state index in [2.05, 4.69) is 41.1 Å². The zero-order valence-electron chi connectivity index (χ0n) is 7.88. The third-order valence-electron chi connectivity index (χ3n) is 2.20. The summed E-state index contributed by atoms with van der Waals surface area (Å²) in [6.07, 6.45) is 0. The number of benzene rings is 1. The number of aliphatic hydroxyl groups is 1. The van der Waals surface area contributed by atoms with Gasteiger partial charge in [0.15, 0.2) is 0 Å². The fourth-order valence-corrected chi connectivity index (χ4v) is 3.25. The Morgan fingerprint density at radius 1 is 1.36 bits per heavy atom. The van der Waals surface area contributed by atoms with Crippen LogP contribution in [-0.4, -0.2) is 5.11 Å². The van der Waals surface area contributed by atoms with Gasteiger partial charge in [-0.25, -0.2) is 0 Å². The number of aliphatic hydroxyl groups excluding tert-OH is 1. The number of thiophene rings is 1. The molecule has 0 fully saturated rings. The number of rotatable bonds is 2. The van der Waals surface area contributed by atoms with Crippen molar-refractivity contribution in [3.05, 3.63) is 34.2 Å². The van der Waals surface area contributed by atoms with E-state index in [4.69, 9.17) is 5.11 Å². The molecule has 3 heteroatoms. The van der Waals surface area contributed by atoms with Crippen molar-refractivity contribution in [2.45, 2.75) is 18.9 Å². The Morgan fingerprint density at radius 3 is 2.79 bits per heavy atom. The molecule has 74 valence electrons. The molecule has 0 spiro atoms. The SMILES string of the molecule is Cc1cc2cc(CO)cc(CBr)c2s1. The number of aryl methyl sites for hydroxylation is 1. The zero-order valence-corrected chi connectivity index (χ0v) is 10.3. The maximum atomic E-state index is 9.11. The molecule has 0 saturated carbocycles. The highest BCUT2D eigenvalue weighted by Crippen LogP contribution is 2.30. The van der Waals surface area contributed by atoms with Gasteiger partial charge in [-0.15, -0.1) is 11.3 Å². The lowest BCUT2D eigenvalue weighted by Crippen LogP contribution is -1.86. The Balaban J connectivity index is 2.72. The van der Waals surface area contributed by atoms with Crippen molar-refractivity contribution in [2.75, 3.05) is 0 Å². The van der Waals surface area contributed by atoms with Crippen LogP contribution in [-0.2, 0) is 11.9 Å². The molecule has 1 N–H and O–H groups in total. The highest BCUT2D eigenvalue weighted by molar-refractivity contribution is 9.08. The zero-order chi connectivity index (χ0) is 10.1. The molecule has 0 aliphatic heterocycles. The second-order valence-corrected chi connectivity index (χ2v) is 5.14. The highest BCUT2D eigenvalue weighted by atomic mass is 79.9. The normalized spacial score (nSPS) is 11.1. The minimum atomic E-state index is 0.116. The van der Waals surface area contributed by atoms with Crippen molar-refractivity contribution in [3.8, 4) is 0 Å². The molecule has 14 heavy (non-hydrogen) atoms. The van der Waals surface area contributed by atoms with Crippen molar-refractivity contribution in [1.82, 2.24) is 0 Å². The average molecular weight is 271 g/mol. The smallest absolute Gasteiger partial charge is 0.0682 e. The van der Waals surface area contributed by atoms with Gasteiger partial charge in [0, 0.05) is 14.9 Å². The minimum absolute atomic E-state index is 0.116. The second kappa shape index (κ2) is 4.01. The van der Waals surface area contributed by atoms with E-state index in [0.29, 0.717) is 0 Å². The second-order valence-electron chi connectivity index (χ2n) is 3.32. The predicted molar refractivity (Wildman–Crippen MR) is 65.1 cm³/mol. The van der Waals surface area contributed by atoms with Crippen molar-refractivity contribution in [2.24, 2.45) is 0 Å². The van der Waals surface area contributed by atoms with Crippen molar-refractivity contribution in [1.29, 1.82) is 0 Å². The van der Waals surface area contributed by atoms with Gasteiger partial charge in [0.2, 0.25) is 0 Å². The van der Waals surface area contributed by atoms with E-state index in [0.717, 1.165) is 10.9 Å². The molecule has 0 radical (unpaired) electrons. The summed E-state index contributed by atoms with van der Waals surface area (Å²) in [7, 11) is 0. The molecule has 2 rings (SSSR count). The molecule has 0 aliphatic rings. The van der Waals surface area contributed by atoms with Crippen LogP contribution in [0.5, 0.6) is 0 Å². The molecule has 1 aromatic carbocycles. The quantitative estimate of drug-likeness (QED) is 0.827. The topological polar surface area (TPSA) is 20.2 Å². The molecule has 0 saturated heterocycles. The highest BCUT2D eigenvalue weighted by Gasteiger charge is 2.05. The molecule has 0 atom stereocenters. The maximum absolute atomic E-state index is 9.11. The number of hydrogen-bond donors (Lipinski definition) is 1. The van der Waals surface area contributed by atoms with Crippen LogP contribution >= 0.6 is 27.3 Å². The predicted octanol–water partition coefficient (Wildman–Crippen LogP) is 3.60. The molecule has 0 amide bonds. The van der Waals surface area contributed by atoms with Crippen LogP contribution < -0.4 is 0 Å². The summed E-state index contributed by atoms with van der Waals surface area (Å²) in [5, 5.41) is 11.2. The Hall–Kier alpha value is -0.380. The first-order valence-electron chi connectivity index (χ1n) is 4.43. The summed E-state index contributed by atoms with van der Waals surface area (Å²) in [6.45, 7) is 2.23. The fourth-order valence-electron chi connectivity index (χ4n) is 1.61. The van der Waals surface area contributed by atoms with Crippen LogP contribution in [0, 0.1) is 6.92 Å². The van der Waals surface area contributed by atoms with Crippen LogP contribution in [0.3, 0.4) is 0 Å². The van der Waals surface area contributed by atoms with Gasteiger partial charge in [-0.1, -0.05) is 22.0 Å². The molecular weight excluding hydrogens is 260 g/mol. The average Bonchev–Trinajstić information content (AvgIpc) is 2.56. The van der Waals surface area contributed by atoms with Crippen LogP contribution in [0.15, 0.2) is 18.2 Å². The van der Waals surface area contributed by atoms with E-state index >= 15 is 0 Å². The number of hydrogen-bond acceptors (Lipinski definition) is 2. The Kier molecular flexibility index (Phi) is 2.91. The van der Waals surface area contributed by atoms with E-state index in [1.807, 2.05) is 11.3 Å². The van der Waals surface area contributed by atoms with E-state index < -0.39 is 0 Å². The van der Waals surface area contributed by atoms with Crippen molar-refractivity contribution < 1.29 is 5.11 Å². The van der Waals surface area contributed by atoms with Gasteiger partial charge in [0.05, 0.1) is 6.61 Å². The maximum Gasteiger partial charge on any atom is 0.0682 e. The molecule has 1 aromatic heterocycles. The van der Waals surface area contributed by atoms with E-state index in [1.165, 1.54) is 20.5 Å². The summed E-state index contributed by atoms with van der Waals surface area (Å²) in [6, 6.07) is 6.29. The van der Waals surface area contributed by atoms with Gasteiger partial charge < -0.3 is 5.11 Å².